The number of benzene rings is 1. The number of hydrogen-bond acceptors (Lipinski definition) is 6. The number of ether oxygens (including phenoxy) is 1. The number of nitrogens with zero attached hydrogens (tertiary/aromatic N) is 1. The van der Waals surface area contributed by atoms with Crippen LogP contribution in [0.2, 0.25) is 0 Å². The second-order valence-corrected chi connectivity index (χ2v) is 6.20. The number of carbonyl (C=O) groups excluding carboxylic acids is 2. The molecule has 1 aromatic carbocycles. The maximum absolute atomic E-state index is 12.3. The molecule has 0 fully saturated rings. The highest BCUT2D eigenvalue weighted by molar-refractivity contribution is 7.99. The molecule has 0 aliphatic rings. The predicted octanol–water partition coefficient (Wildman–Crippen LogP) is 4.24. The van der Waals surface area contributed by atoms with Gasteiger partial charge in [0.15, 0.2) is 0 Å². The maximum atomic E-state index is 12.3. The Kier molecular flexibility index (Phi) is 6.73. The van der Waals surface area contributed by atoms with Crippen LogP contribution in [0.25, 0.3) is 6.08 Å². The first kappa shape index (κ1) is 20.2. The van der Waals surface area contributed by atoms with Crippen LogP contribution >= 0.6 is 11.8 Å². The SMILES string of the molecule is COC(=O)c1cc(/C=C(\C#N)C(=O)Nc2ccc(SC(F)F)cc2)oc1C. The van der Waals surface area contributed by atoms with Gasteiger partial charge in [-0.15, -0.1) is 0 Å². The molecule has 0 aliphatic carbocycles. The molecule has 9 heteroatoms. The molecule has 0 saturated carbocycles. The van der Waals surface area contributed by atoms with E-state index in [0.29, 0.717) is 22.3 Å². The summed E-state index contributed by atoms with van der Waals surface area (Å²) in [6.07, 6.45) is 1.19. The van der Waals surface area contributed by atoms with Crippen molar-refractivity contribution in [3.8, 4) is 6.07 Å². The molecule has 1 heterocycles. The molecule has 0 aliphatic heterocycles. The standard InChI is InChI=1S/C18H14F2N2O4S/c1-10-15(17(24)25-2)8-13(26-10)7-11(9-21)16(23)22-12-3-5-14(6-4-12)27-18(19)20/h3-8,18H,1-2H3,(H,22,23)/b11-7+. The van der Waals surface area contributed by atoms with Crippen LogP contribution < -0.4 is 5.32 Å². The van der Waals surface area contributed by atoms with E-state index in [-0.39, 0.29) is 22.7 Å². The average molecular weight is 392 g/mol. The van der Waals surface area contributed by atoms with Gasteiger partial charge in [-0.05, 0) is 37.3 Å². The van der Waals surface area contributed by atoms with Crippen molar-refractivity contribution < 1.29 is 27.5 Å². The van der Waals surface area contributed by atoms with Crippen LogP contribution in [0, 0.1) is 18.3 Å². The number of furan rings is 1. The smallest absolute Gasteiger partial charge is 0.341 e. The summed E-state index contributed by atoms with van der Waals surface area (Å²) in [5, 5.41) is 11.7. The van der Waals surface area contributed by atoms with Gasteiger partial charge in [0, 0.05) is 16.7 Å². The van der Waals surface area contributed by atoms with E-state index < -0.39 is 17.6 Å². The van der Waals surface area contributed by atoms with Crippen LogP contribution in [0.15, 0.2) is 45.2 Å². The lowest BCUT2D eigenvalue weighted by atomic mass is 10.2. The summed E-state index contributed by atoms with van der Waals surface area (Å²) in [6.45, 7) is 1.55. The monoisotopic (exact) mass is 392 g/mol. The molecule has 27 heavy (non-hydrogen) atoms. The molecule has 0 saturated heterocycles. The third-order valence-corrected chi connectivity index (χ3v) is 4.05. The molecule has 0 spiro atoms. The number of alkyl halides is 2. The fourth-order valence-electron chi connectivity index (χ4n) is 2.10. The van der Waals surface area contributed by atoms with Gasteiger partial charge >= 0.3 is 5.97 Å². The molecular formula is C18H14F2N2O4S. The zero-order valence-electron chi connectivity index (χ0n) is 14.3. The van der Waals surface area contributed by atoms with E-state index in [1.165, 1.54) is 43.5 Å². The Bertz CT molecular complexity index is 914. The van der Waals surface area contributed by atoms with Crippen molar-refractivity contribution in [2.45, 2.75) is 17.6 Å². The number of halogens is 2. The van der Waals surface area contributed by atoms with Crippen LogP contribution in [-0.2, 0) is 9.53 Å². The summed E-state index contributed by atoms with van der Waals surface area (Å²) in [5.41, 5.74) is 0.269. The summed E-state index contributed by atoms with van der Waals surface area (Å²) < 4.78 is 34.6. The quantitative estimate of drug-likeness (QED) is 0.342. The van der Waals surface area contributed by atoms with Gasteiger partial charge in [0.25, 0.3) is 11.7 Å². The van der Waals surface area contributed by atoms with Crippen molar-refractivity contribution in [1.82, 2.24) is 0 Å². The lowest BCUT2D eigenvalue weighted by Gasteiger charge is -2.05. The summed E-state index contributed by atoms with van der Waals surface area (Å²) in [4.78, 5) is 24.2. The van der Waals surface area contributed by atoms with E-state index in [0.717, 1.165) is 0 Å². The summed E-state index contributed by atoms with van der Waals surface area (Å²) in [5.74, 6) is -3.41. The molecule has 1 amide bonds. The second-order valence-electron chi connectivity index (χ2n) is 5.14. The minimum atomic E-state index is -2.54. The van der Waals surface area contributed by atoms with E-state index in [1.54, 1.807) is 13.0 Å². The first-order chi connectivity index (χ1) is 12.8. The number of esters is 1. The van der Waals surface area contributed by atoms with Crippen LogP contribution in [0.5, 0.6) is 0 Å². The Morgan fingerprint density at radius 2 is 2.00 bits per heavy atom. The highest BCUT2D eigenvalue weighted by Crippen LogP contribution is 2.26. The van der Waals surface area contributed by atoms with Crippen molar-refractivity contribution in [3.63, 3.8) is 0 Å². The molecule has 0 bridgehead atoms. The molecule has 1 N–H and O–H groups in total. The second kappa shape index (κ2) is 9.00. The minimum absolute atomic E-state index is 0.142. The number of thioether (sulfide) groups is 1. The van der Waals surface area contributed by atoms with E-state index in [1.807, 2.05) is 0 Å². The number of methoxy groups -OCH3 is 1. The molecule has 0 unspecified atom stereocenters. The van der Waals surface area contributed by atoms with Gasteiger partial charge in [0.05, 0.1) is 7.11 Å². The number of nitrogens with one attached hydrogen (secondary N) is 1. The molecule has 0 radical (unpaired) electrons. The van der Waals surface area contributed by atoms with E-state index in [4.69, 9.17) is 4.42 Å². The predicted molar refractivity (Wildman–Crippen MR) is 95.3 cm³/mol. The third kappa shape index (κ3) is 5.43. The molecule has 6 nitrogen and oxygen atoms in total. The van der Waals surface area contributed by atoms with Crippen molar-refractivity contribution in [1.29, 1.82) is 5.26 Å². The van der Waals surface area contributed by atoms with Gasteiger partial charge in [-0.1, -0.05) is 11.8 Å². The Hall–Kier alpha value is -3.12. The van der Waals surface area contributed by atoms with Gasteiger partial charge in [0.1, 0.15) is 28.7 Å². The Labute approximate surface area is 157 Å². The van der Waals surface area contributed by atoms with Crippen molar-refractivity contribution in [2.75, 3.05) is 12.4 Å². The third-order valence-electron chi connectivity index (χ3n) is 3.33. The number of aryl methyl sites for hydroxylation is 1. The highest BCUT2D eigenvalue weighted by Gasteiger charge is 2.16. The maximum Gasteiger partial charge on any atom is 0.341 e. The first-order valence-corrected chi connectivity index (χ1v) is 8.38. The number of anilines is 1. The molecule has 2 aromatic rings. The molecule has 2 rings (SSSR count). The molecule has 1 aromatic heterocycles. The van der Waals surface area contributed by atoms with Crippen LogP contribution in [0.3, 0.4) is 0 Å². The Balaban J connectivity index is 2.15. The zero-order valence-corrected chi connectivity index (χ0v) is 15.1. The zero-order chi connectivity index (χ0) is 20.0. The number of amides is 1. The van der Waals surface area contributed by atoms with Gasteiger partial charge in [-0.3, -0.25) is 4.79 Å². The number of carbonyl (C=O) groups is 2. The van der Waals surface area contributed by atoms with E-state index in [9.17, 15) is 23.6 Å². The average Bonchev–Trinajstić information content (AvgIpc) is 3.00. The molecular weight excluding hydrogens is 378 g/mol. The minimum Gasteiger partial charge on any atom is -0.465 e. The largest absolute Gasteiger partial charge is 0.465 e. The van der Waals surface area contributed by atoms with Crippen molar-refractivity contribution >= 4 is 35.4 Å². The lowest BCUT2D eigenvalue weighted by molar-refractivity contribution is -0.112. The Morgan fingerprint density at radius 1 is 1.33 bits per heavy atom. The number of hydrogen-bond donors (Lipinski definition) is 1. The van der Waals surface area contributed by atoms with Crippen molar-refractivity contribution in [3.05, 3.63) is 53.0 Å². The Morgan fingerprint density at radius 3 is 2.56 bits per heavy atom. The van der Waals surface area contributed by atoms with Gasteiger partial charge in [-0.25, -0.2) is 4.79 Å². The highest BCUT2D eigenvalue weighted by atomic mass is 32.2. The summed E-state index contributed by atoms with van der Waals surface area (Å²) in [7, 11) is 1.23. The van der Waals surface area contributed by atoms with E-state index in [2.05, 4.69) is 10.1 Å². The lowest BCUT2D eigenvalue weighted by Crippen LogP contribution is -2.13. The van der Waals surface area contributed by atoms with Crippen molar-refractivity contribution in [2.24, 2.45) is 0 Å². The van der Waals surface area contributed by atoms with Crippen LogP contribution in [0.1, 0.15) is 21.9 Å². The van der Waals surface area contributed by atoms with Gasteiger partial charge in [0.2, 0.25) is 0 Å². The first-order valence-electron chi connectivity index (χ1n) is 7.50. The van der Waals surface area contributed by atoms with E-state index >= 15 is 0 Å². The number of rotatable bonds is 6. The fraction of sp³-hybridized carbons (Fsp3) is 0.167. The molecule has 140 valence electrons. The van der Waals surface area contributed by atoms with Crippen LogP contribution in [0.4, 0.5) is 14.5 Å². The van der Waals surface area contributed by atoms with Gasteiger partial charge in [-0.2, -0.15) is 14.0 Å². The fourth-order valence-corrected chi connectivity index (χ4v) is 2.60. The topological polar surface area (TPSA) is 92.3 Å². The number of nitriles is 1. The van der Waals surface area contributed by atoms with Gasteiger partial charge < -0.3 is 14.5 Å². The normalized spacial score (nSPS) is 11.2. The summed E-state index contributed by atoms with van der Waals surface area (Å²) in [6, 6.07) is 8.87. The van der Waals surface area contributed by atoms with Crippen LogP contribution in [-0.4, -0.2) is 24.7 Å². The summed E-state index contributed by atoms with van der Waals surface area (Å²) >= 11 is 0.386. The molecule has 0 atom stereocenters.